The van der Waals surface area contributed by atoms with E-state index in [1.165, 1.54) is 36.0 Å². The summed E-state index contributed by atoms with van der Waals surface area (Å²) in [6.07, 6.45) is 2.05. The minimum absolute atomic E-state index is 0.00268. The molecule has 0 aliphatic carbocycles. The van der Waals surface area contributed by atoms with Gasteiger partial charge in [0.1, 0.15) is 6.04 Å². The number of nitrogens with two attached hydrogens (primary N) is 1. The van der Waals surface area contributed by atoms with Crippen LogP contribution in [0, 0.1) is 0 Å². The van der Waals surface area contributed by atoms with Crippen molar-refractivity contribution >= 4 is 33.4 Å². The van der Waals surface area contributed by atoms with Gasteiger partial charge in [-0.2, -0.15) is 16.5 Å². The molecule has 8 heteroatoms. The highest BCUT2D eigenvalue weighted by Gasteiger charge is 2.24. The van der Waals surface area contributed by atoms with Gasteiger partial charge in [-0.3, -0.25) is 4.79 Å². The number of carbonyl (C=O) groups is 1. The molecule has 0 aliphatic rings. The van der Waals surface area contributed by atoms with E-state index in [1.807, 2.05) is 6.26 Å². The van der Waals surface area contributed by atoms with E-state index in [-0.39, 0.29) is 11.3 Å². The normalized spacial score (nSPS) is 13.1. The lowest BCUT2D eigenvalue weighted by molar-refractivity contribution is -0.139. The van der Waals surface area contributed by atoms with Gasteiger partial charge in [-0.25, -0.2) is 8.42 Å². The fourth-order valence-electron chi connectivity index (χ4n) is 1.37. The van der Waals surface area contributed by atoms with Gasteiger partial charge in [0, 0.05) is 5.69 Å². The number of nitrogen functional groups attached to an aromatic ring is 1. The van der Waals surface area contributed by atoms with Crippen molar-refractivity contribution in [1.82, 2.24) is 4.72 Å². The number of carboxylic acids is 1. The number of sulfonamides is 1. The standard InChI is InChI=1S/C11H16N2O4S2/c1-18-7-6-10(11(14)15)13-19(16,17)9-4-2-8(12)3-5-9/h2-5,10,13H,6-7,12H2,1H3,(H,14,15). The summed E-state index contributed by atoms with van der Waals surface area (Å²) in [6.45, 7) is 0. The van der Waals surface area contributed by atoms with Crippen LogP contribution in [0.25, 0.3) is 0 Å². The Balaban J connectivity index is 2.87. The van der Waals surface area contributed by atoms with E-state index in [4.69, 9.17) is 10.8 Å². The maximum atomic E-state index is 12.0. The number of rotatable bonds is 7. The Bertz CT molecular complexity index is 528. The Morgan fingerprint density at radius 2 is 2.00 bits per heavy atom. The van der Waals surface area contributed by atoms with Crippen LogP contribution >= 0.6 is 11.8 Å². The largest absolute Gasteiger partial charge is 0.480 e. The average molecular weight is 304 g/mol. The Kier molecular flexibility index (Phi) is 5.64. The molecule has 0 amide bonds. The third-order valence-electron chi connectivity index (χ3n) is 2.40. The molecule has 0 saturated heterocycles. The Morgan fingerprint density at radius 1 is 1.42 bits per heavy atom. The van der Waals surface area contributed by atoms with Crippen LogP contribution in [0.1, 0.15) is 6.42 Å². The van der Waals surface area contributed by atoms with Crippen LogP contribution in [-0.2, 0) is 14.8 Å². The minimum Gasteiger partial charge on any atom is -0.480 e. The van der Waals surface area contributed by atoms with Crippen molar-refractivity contribution in [3.05, 3.63) is 24.3 Å². The first-order valence-corrected chi connectivity index (χ1v) is 8.34. The zero-order valence-electron chi connectivity index (χ0n) is 10.4. The fourth-order valence-corrected chi connectivity index (χ4v) is 3.07. The van der Waals surface area contributed by atoms with Gasteiger partial charge in [0.2, 0.25) is 10.0 Å². The summed E-state index contributed by atoms with van der Waals surface area (Å²) >= 11 is 1.46. The van der Waals surface area contributed by atoms with E-state index < -0.39 is 22.0 Å². The predicted molar refractivity (Wildman–Crippen MR) is 75.6 cm³/mol. The fraction of sp³-hybridized carbons (Fsp3) is 0.364. The average Bonchev–Trinajstić information content (AvgIpc) is 2.34. The molecule has 4 N–H and O–H groups in total. The van der Waals surface area contributed by atoms with Gasteiger partial charge < -0.3 is 10.8 Å². The Labute approximate surface area is 116 Å². The number of anilines is 1. The third-order valence-corrected chi connectivity index (χ3v) is 4.53. The third kappa shape index (κ3) is 4.73. The molecular weight excluding hydrogens is 288 g/mol. The molecule has 19 heavy (non-hydrogen) atoms. The van der Waals surface area contributed by atoms with Crippen molar-refractivity contribution in [2.75, 3.05) is 17.7 Å². The van der Waals surface area contributed by atoms with Gasteiger partial charge in [-0.15, -0.1) is 0 Å². The lowest BCUT2D eigenvalue weighted by Crippen LogP contribution is -2.41. The highest BCUT2D eigenvalue weighted by atomic mass is 32.2. The second-order valence-corrected chi connectivity index (χ2v) is 6.56. The van der Waals surface area contributed by atoms with Crippen LogP contribution in [0.2, 0.25) is 0 Å². The summed E-state index contributed by atoms with van der Waals surface area (Å²) < 4.78 is 26.2. The van der Waals surface area contributed by atoms with Crippen LogP contribution in [-0.4, -0.2) is 37.5 Å². The van der Waals surface area contributed by atoms with Gasteiger partial charge >= 0.3 is 5.97 Å². The van der Waals surface area contributed by atoms with Gasteiger partial charge in [0.15, 0.2) is 0 Å². The predicted octanol–water partition coefficient (Wildman–Crippen LogP) is 0.753. The molecular formula is C11H16N2O4S2. The molecule has 106 valence electrons. The summed E-state index contributed by atoms with van der Waals surface area (Å²) in [5.74, 6) is -0.630. The first kappa shape index (κ1) is 15.8. The smallest absolute Gasteiger partial charge is 0.321 e. The molecule has 0 bridgehead atoms. The summed E-state index contributed by atoms with van der Waals surface area (Å²) in [5, 5.41) is 9.00. The lowest BCUT2D eigenvalue weighted by atomic mass is 10.2. The van der Waals surface area contributed by atoms with Crippen LogP contribution in [0.5, 0.6) is 0 Å². The van der Waals surface area contributed by atoms with Crippen LogP contribution in [0.4, 0.5) is 5.69 Å². The molecule has 0 heterocycles. The summed E-state index contributed by atoms with van der Waals surface area (Å²) in [7, 11) is -3.85. The maximum absolute atomic E-state index is 12.0. The van der Waals surface area contributed by atoms with E-state index in [2.05, 4.69) is 4.72 Å². The van der Waals surface area contributed by atoms with E-state index in [0.717, 1.165) is 0 Å². The molecule has 1 rings (SSSR count). The van der Waals surface area contributed by atoms with Crippen molar-refractivity contribution < 1.29 is 18.3 Å². The van der Waals surface area contributed by atoms with Gasteiger partial charge in [0.25, 0.3) is 0 Å². The monoisotopic (exact) mass is 304 g/mol. The molecule has 0 aromatic heterocycles. The summed E-state index contributed by atoms with van der Waals surface area (Å²) in [5.41, 5.74) is 5.91. The van der Waals surface area contributed by atoms with E-state index in [0.29, 0.717) is 11.4 Å². The quantitative estimate of drug-likeness (QED) is 0.641. The number of benzene rings is 1. The number of nitrogens with one attached hydrogen (secondary N) is 1. The van der Waals surface area contributed by atoms with E-state index in [9.17, 15) is 13.2 Å². The van der Waals surface area contributed by atoms with Crippen molar-refractivity contribution in [1.29, 1.82) is 0 Å². The number of hydrogen-bond donors (Lipinski definition) is 3. The molecule has 0 spiro atoms. The molecule has 6 nitrogen and oxygen atoms in total. The zero-order chi connectivity index (χ0) is 14.5. The molecule has 1 aromatic rings. The van der Waals surface area contributed by atoms with Crippen LogP contribution in [0.15, 0.2) is 29.2 Å². The van der Waals surface area contributed by atoms with E-state index >= 15 is 0 Å². The molecule has 0 aliphatic heterocycles. The number of carboxylic acid groups (broad SMARTS) is 1. The molecule has 0 saturated carbocycles. The van der Waals surface area contributed by atoms with Crippen molar-refractivity contribution in [2.45, 2.75) is 17.4 Å². The van der Waals surface area contributed by atoms with E-state index in [1.54, 1.807) is 0 Å². The van der Waals surface area contributed by atoms with Gasteiger partial charge in [-0.05, 0) is 42.7 Å². The Morgan fingerprint density at radius 3 is 2.47 bits per heavy atom. The first-order valence-electron chi connectivity index (χ1n) is 5.46. The Hall–Kier alpha value is -1.25. The first-order chi connectivity index (χ1) is 8.86. The molecule has 1 aromatic carbocycles. The number of thioether (sulfide) groups is 1. The second kappa shape index (κ2) is 6.78. The zero-order valence-corrected chi connectivity index (χ0v) is 12.0. The van der Waals surface area contributed by atoms with Crippen LogP contribution in [0.3, 0.4) is 0 Å². The number of aliphatic carboxylic acids is 1. The SMILES string of the molecule is CSCCC(NS(=O)(=O)c1ccc(N)cc1)C(=O)O. The van der Waals surface area contributed by atoms with Crippen molar-refractivity contribution in [3.8, 4) is 0 Å². The van der Waals surface area contributed by atoms with Gasteiger partial charge in [-0.1, -0.05) is 0 Å². The van der Waals surface area contributed by atoms with Crippen molar-refractivity contribution in [3.63, 3.8) is 0 Å². The van der Waals surface area contributed by atoms with Crippen LogP contribution < -0.4 is 10.5 Å². The number of hydrogen-bond acceptors (Lipinski definition) is 5. The molecule has 1 unspecified atom stereocenters. The highest BCUT2D eigenvalue weighted by Crippen LogP contribution is 2.13. The van der Waals surface area contributed by atoms with Gasteiger partial charge in [0.05, 0.1) is 4.90 Å². The molecule has 0 fully saturated rings. The van der Waals surface area contributed by atoms with Crippen molar-refractivity contribution in [2.24, 2.45) is 0 Å². The molecule has 1 atom stereocenters. The topological polar surface area (TPSA) is 109 Å². The summed E-state index contributed by atoms with van der Waals surface area (Å²) in [4.78, 5) is 11.0. The lowest BCUT2D eigenvalue weighted by Gasteiger charge is -2.14. The molecule has 0 radical (unpaired) electrons. The summed E-state index contributed by atoms with van der Waals surface area (Å²) in [6, 6.07) is 4.45. The maximum Gasteiger partial charge on any atom is 0.321 e. The minimum atomic E-state index is -3.85. The highest BCUT2D eigenvalue weighted by molar-refractivity contribution is 7.98. The second-order valence-electron chi connectivity index (χ2n) is 3.86.